The Morgan fingerprint density at radius 3 is 2.64 bits per heavy atom. The molecular formula is C27H26N4O2. The fourth-order valence-corrected chi connectivity index (χ4v) is 4.48. The van der Waals surface area contributed by atoms with Crippen molar-refractivity contribution in [2.75, 3.05) is 25.1 Å². The van der Waals surface area contributed by atoms with E-state index in [9.17, 15) is 4.79 Å². The van der Waals surface area contributed by atoms with E-state index in [4.69, 9.17) is 4.74 Å². The number of benzene rings is 3. The molecule has 4 aromatic rings. The van der Waals surface area contributed by atoms with Crippen LogP contribution in [-0.2, 0) is 0 Å². The van der Waals surface area contributed by atoms with Crippen LogP contribution in [-0.4, -0.2) is 42.3 Å². The van der Waals surface area contributed by atoms with Gasteiger partial charge in [-0.1, -0.05) is 48.5 Å². The SMILES string of the molecule is COc1ccccc1-c1ccc(N2CCCC(NC(=O)c3cccc4ccccc34)C2)nn1. The fraction of sp³-hybridized carbons (Fsp3) is 0.222. The van der Waals surface area contributed by atoms with Gasteiger partial charge in [-0.2, -0.15) is 0 Å². The Hall–Kier alpha value is -3.93. The van der Waals surface area contributed by atoms with Gasteiger partial charge in [0, 0.05) is 30.3 Å². The predicted octanol–water partition coefficient (Wildman–Crippen LogP) is 4.70. The maximum atomic E-state index is 13.1. The normalized spacial score (nSPS) is 15.9. The third-order valence-corrected chi connectivity index (χ3v) is 6.15. The molecule has 0 radical (unpaired) electrons. The standard InChI is InChI=1S/C27H26N4O2/c1-33-25-14-5-4-12-23(25)24-15-16-26(30-29-24)31-17-7-10-20(18-31)28-27(32)22-13-6-9-19-8-2-3-11-21(19)22/h2-6,8-9,11-16,20H,7,10,17-18H2,1H3,(H,28,32). The van der Waals surface area contributed by atoms with E-state index in [2.05, 4.69) is 20.4 Å². The molecule has 1 atom stereocenters. The molecule has 1 fully saturated rings. The molecule has 6 nitrogen and oxygen atoms in total. The number of nitrogens with one attached hydrogen (secondary N) is 1. The zero-order chi connectivity index (χ0) is 22.6. The highest BCUT2D eigenvalue weighted by Crippen LogP contribution is 2.28. The first-order valence-corrected chi connectivity index (χ1v) is 11.2. The van der Waals surface area contributed by atoms with Gasteiger partial charge in [0.1, 0.15) is 5.75 Å². The number of amides is 1. The Balaban J connectivity index is 1.29. The number of fused-ring (bicyclic) bond motifs is 1. The van der Waals surface area contributed by atoms with Gasteiger partial charge in [-0.05, 0) is 53.9 Å². The van der Waals surface area contributed by atoms with Crippen molar-refractivity contribution >= 4 is 22.5 Å². The first kappa shape index (κ1) is 20.9. The van der Waals surface area contributed by atoms with Gasteiger partial charge in [-0.3, -0.25) is 4.79 Å². The number of rotatable bonds is 5. The number of carbonyl (C=O) groups is 1. The smallest absolute Gasteiger partial charge is 0.252 e. The molecule has 1 aliphatic rings. The van der Waals surface area contributed by atoms with E-state index in [0.717, 1.165) is 53.0 Å². The van der Waals surface area contributed by atoms with Crippen LogP contribution in [0.3, 0.4) is 0 Å². The van der Waals surface area contributed by atoms with E-state index in [0.29, 0.717) is 12.1 Å². The van der Waals surface area contributed by atoms with Crippen molar-refractivity contribution in [2.45, 2.75) is 18.9 Å². The van der Waals surface area contributed by atoms with Gasteiger partial charge in [-0.15, -0.1) is 10.2 Å². The topological polar surface area (TPSA) is 67.3 Å². The Morgan fingerprint density at radius 2 is 1.79 bits per heavy atom. The third kappa shape index (κ3) is 4.37. The molecule has 5 rings (SSSR count). The van der Waals surface area contributed by atoms with Crippen LogP contribution in [0.2, 0.25) is 0 Å². The zero-order valence-corrected chi connectivity index (χ0v) is 18.6. The molecule has 1 saturated heterocycles. The second kappa shape index (κ2) is 9.28. The summed E-state index contributed by atoms with van der Waals surface area (Å²) < 4.78 is 5.44. The lowest BCUT2D eigenvalue weighted by atomic mass is 10.0. The number of nitrogens with zero attached hydrogens (tertiary/aromatic N) is 3. The first-order chi connectivity index (χ1) is 16.2. The molecule has 3 aromatic carbocycles. The summed E-state index contributed by atoms with van der Waals surface area (Å²) in [5, 5.41) is 14.2. The highest BCUT2D eigenvalue weighted by atomic mass is 16.5. The lowest BCUT2D eigenvalue weighted by Crippen LogP contribution is -2.48. The minimum atomic E-state index is -0.0312. The van der Waals surface area contributed by atoms with E-state index in [-0.39, 0.29) is 11.9 Å². The highest BCUT2D eigenvalue weighted by Gasteiger charge is 2.24. The summed E-state index contributed by atoms with van der Waals surface area (Å²) >= 11 is 0. The molecule has 2 heterocycles. The van der Waals surface area contributed by atoms with Gasteiger partial charge in [0.05, 0.1) is 12.8 Å². The number of carbonyl (C=O) groups excluding carboxylic acids is 1. The summed E-state index contributed by atoms with van der Waals surface area (Å²) in [6, 6.07) is 25.6. The van der Waals surface area contributed by atoms with E-state index in [1.807, 2.05) is 78.9 Å². The molecule has 0 bridgehead atoms. The average molecular weight is 439 g/mol. The summed E-state index contributed by atoms with van der Waals surface area (Å²) in [5.41, 5.74) is 2.40. The van der Waals surface area contributed by atoms with Crippen molar-refractivity contribution in [3.05, 3.63) is 84.4 Å². The first-order valence-electron chi connectivity index (χ1n) is 11.2. The lowest BCUT2D eigenvalue weighted by Gasteiger charge is -2.33. The second-order valence-corrected chi connectivity index (χ2v) is 8.26. The van der Waals surface area contributed by atoms with Gasteiger partial charge in [0.25, 0.3) is 5.91 Å². The van der Waals surface area contributed by atoms with Crippen molar-refractivity contribution in [1.82, 2.24) is 15.5 Å². The Kier molecular flexibility index (Phi) is 5.89. The zero-order valence-electron chi connectivity index (χ0n) is 18.6. The summed E-state index contributed by atoms with van der Waals surface area (Å²) in [4.78, 5) is 15.3. The summed E-state index contributed by atoms with van der Waals surface area (Å²) in [6.07, 6.45) is 1.93. The van der Waals surface area contributed by atoms with Crippen LogP contribution in [0.5, 0.6) is 5.75 Å². The van der Waals surface area contributed by atoms with Crippen LogP contribution in [0.25, 0.3) is 22.0 Å². The van der Waals surface area contributed by atoms with Crippen LogP contribution in [0.4, 0.5) is 5.82 Å². The molecule has 1 amide bonds. The summed E-state index contributed by atoms with van der Waals surface area (Å²) in [6.45, 7) is 1.60. The van der Waals surface area contributed by atoms with Crippen molar-refractivity contribution < 1.29 is 9.53 Å². The quantitative estimate of drug-likeness (QED) is 0.489. The lowest BCUT2D eigenvalue weighted by molar-refractivity contribution is 0.0935. The number of anilines is 1. The van der Waals surface area contributed by atoms with E-state index >= 15 is 0 Å². The minimum Gasteiger partial charge on any atom is -0.496 e. The highest BCUT2D eigenvalue weighted by molar-refractivity contribution is 6.07. The molecule has 0 spiro atoms. The molecule has 166 valence electrons. The number of piperidine rings is 1. The van der Waals surface area contributed by atoms with Crippen molar-refractivity contribution in [3.63, 3.8) is 0 Å². The van der Waals surface area contributed by atoms with E-state index in [1.54, 1.807) is 7.11 Å². The average Bonchev–Trinajstić information content (AvgIpc) is 2.88. The van der Waals surface area contributed by atoms with Crippen LogP contribution < -0.4 is 15.0 Å². The second-order valence-electron chi connectivity index (χ2n) is 8.26. The number of para-hydroxylation sites is 1. The van der Waals surface area contributed by atoms with Crippen LogP contribution in [0.1, 0.15) is 23.2 Å². The predicted molar refractivity (Wildman–Crippen MR) is 131 cm³/mol. The number of methoxy groups -OCH3 is 1. The molecular weight excluding hydrogens is 412 g/mol. The van der Waals surface area contributed by atoms with Gasteiger partial charge in [0.15, 0.2) is 5.82 Å². The molecule has 6 heteroatoms. The maximum Gasteiger partial charge on any atom is 0.252 e. The number of aromatic nitrogens is 2. The van der Waals surface area contributed by atoms with E-state index in [1.165, 1.54) is 0 Å². The minimum absolute atomic E-state index is 0.0312. The van der Waals surface area contributed by atoms with Crippen LogP contribution in [0, 0.1) is 0 Å². The largest absolute Gasteiger partial charge is 0.496 e. The van der Waals surface area contributed by atoms with Crippen LogP contribution >= 0.6 is 0 Å². The van der Waals surface area contributed by atoms with E-state index < -0.39 is 0 Å². The van der Waals surface area contributed by atoms with Crippen molar-refractivity contribution in [2.24, 2.45) is 0 Å². The van der Waals surface area contributed by atoms with Crippen molar-refractivity contribution in [3.8, 4) is 17.0 Å². The number of hydrogen-bond acceptors (Lipinski definition) is 5. The third-order valence-electron chi connectivity index (χ3n) is 6.15. The molecule has 0 saturated carbocycles. The summed E-state index contributed by atoms with van der Waals surface area (Å²) in [5.74, 6) is 1.56. The number of ether oxygens (including phenoxy) is 1. The number of hydrogen-bond donors (Lipinski definition) is 1. The fourth-order valence-electron chi connectivity index (χ4n) is 4.48. The molecule has 0 aliphatic carbocycles. The van der Waals surface area contributed by atoms with Crippen LogP contribution in [0.15, 0.2) is 78.9 Å². The summed E-state index contributed by atoms with van der Waals surface area (Å²) in [7, 11) is 1.65. The Labute approximate surface area is 193 Å². The van der Waals surface area contributed by atoms with Crippen molar-refractivity contribution in [1.29, 1.82) is 0 Å². The molecule has 1 aliphatic heterocycles. The monoisotopic (exact) mass is 438 g/mol. The van der Waals surface area contributed by atoms with Gasteiger partial charge in [-0.25, -0.2) is 0 Å². The van der Waals surface area contributed by atoms with Gasteiger partial charge < -0.3 is 15.0 Å². The van der Waals surface area contributed by atoms with Gasteiger partial charge in [0.2, 0.25) is 0 Å². The molecule has 33 heavy (non-hydrogen) atoms. The molecule has 1 aromatic heterocycles. The maximum absolute atomic E-state index is 13.1. The molecule has 1 N–H and O–H groups in total. The Morgan fingerprint density at radius 1 is 0.970 bits per heavy atom. The Bertz CT molecular complexity index is 1270. The molecule has 1 unspecified atom stereocenters. The van der Waals surface area contributed by atoms with Gasteiger partial charge >= 0.3 is 0 Å².